The minimum Gasteiger partial charge on any atom is -0.480 e. The van der Waals surface area contributed by atoms with E-state index in [4.69, 9.17) is 34.9 Å². The van der Waals surface area contributed by atoms with Crippen LogP contribution >= 0.6 is 11.8 Å². The van der Waals surface area contributed by atoms with Crippen LogP contribution in [0.4, 0.5) is 4.79 Å². The Kier molecular flexibility index (Phi) is 23.3. The first-order chi connectivity index (χ1) is 23.9. The third-order valence-electron chi connectivity index (χ3n) is 6.73. The zero-order chi connectivity index (χ0) is 37.3. The van der Waals surface area contributed by atoms with Crippen molar-refractivity contribution in [1.82, 2.24) is 26.2 Å². The summed E-state index contributed by atoms with van der Waals surface area (Å²) in [6.07, 6.45) is -2.43. The molecule has 4 atom stereocenters. The smallest absolute Gasteiger partial charge is 0.407 e. The number of aliphatic hydroxyl groups is 2. The van der Waals surface area contributed by atoms with Crippen molar-refractivity contribution in [2.24, 2.45) is 5.73 Å². The molecule has 50 heavy (non-hydrogen) atoms. The highest BCUT2D eigenvalue weighted by Gasteiger charge is 2.39. The van der Waals surface area contributed by atoms with Gasteiger partial charge in [0.1, 0.15) is 12.6 Å². The summed E-state index contributed by atoms with van der Waals surface area (Å²) in [5, 5.41) is 37.0. The molecule has 1 aliphatic rings. The quantitative estimate of drug-likeness (QED) is 0.0221. The Morgan fingerprint density at radius 2 is 1.52 bits per heavy atom. The fourth-order valence-corrected chi connectivity index (χ4v) is 5.06. The molecule has 1 rings (SSSR count). The number of carboxylic acids is 1. The standard InChI is InChI=1S/C29H50N6O14S/c1-2-19(16-36)49-26(41)17-48-29(45)34-6-3-22(37)31-7-8-32-24(39)5-11-46-13-14-47-12-9-33-23(38)4-10-35-25(40)15-21(27(35)42)50-18-20(30)28(43)44/h19-21,26,36,41H,2-18,30H2,1H3,(H,31,37)(H,32,39)(H,33,38)(H,34,45)(H,43,44). The largest absolute Gasteiger partial charge is 0.480 e. The molecular formula is C29H50N6O14S. The van der Waals surface area contributed by atoms with Crippen LogP contribution < -0.4 is 27.0 Å². The van der Waals surface area contributed by atoms with E-state index in [9.17, 15) is 38.7 Å². The number of amides is 6. The Balaban J connectivity index is 1.97. The number of hydrogen-bond acceptors (Lipinski definition) is 15. The maximum absolute atomic E-state index is 12.4. The van der Waals surface area contributed by atoms with Crippen LogP contribution in [0.1, 0.15) is 39.0 Å². The molecule has 0 radical (unpaired) electrons. The Hall–Kier alpha value is -3.60. The summed E-state index contributed by atoms with van der Waals surface area (Å²) in [7, 11) is 0. The number of nitrogens with zero attached hydrogens (tertiary/aromatic N) is 1. The lowest BCUT2D eigenvalue weighted by Crippen LogP contribution is -2.37. The number of aliphatic hydroxyl groups excluding tert-OH is 2. The fourth-order valence-electron chi connectivity index (χ4n) is 3.95. The Bertz CT molecular complexity index is 1100. The van der Waals surface area contributed by atoms with Crippen molar-refractivity contribution < 1.29 is 67.8 Å². The summed E-state index contributed by atoms with van der Waals surface area (Å²) >= 11 is 1.01. The van der Waals surface area contributed by atoms with Gasteiger partial charge in [0.25, 0.3) is 0 Å². The van der Waals surface area contributed by atoms with Crippen LogP contribution in [0.5, 0.6) is 0 Å². The second-order valence-electron chi connectivity index (χ2n) is 10.7. The minimum atomic E-state index is -1.39. The molecule has 1 fully saturated rings. The van der Waals surface area contributed by atoms with Gasteiger partial charge < -0.3 is 61.3 Å². The van der Waals surface area contributed by atoms with Gasteiger partial charge in [0.15, 0.2) is 6.29 Å². The number of carbonyl (C=O) groups is 7. The number of ether oxygens (including phenoxy) is 4. The first-order valence-electron chi connectivity index (χ1n) is 16.1. The van der Waals surface area contributed by atoms with Gasteiger partial charge in [0.05, 0.1) is 44.4 Å². The molecule has 1 saturated heterocycles. The molecular weight excluding hydrogens is 688 g/mol. The number of rotatable bonds is 28. The van der Waals surface area contributed by atoms with Crippen LogP contribution in [0.3, 0.4) is 0 Å². The Morgan fingerprint density at radius 3 is 2.16 bits per heavy atom. The van der Waals surface area contributed by atoms with E-state index in [0.29, 0.717) is 6.42 Å². The molecule has 6 amide bonds. The number of aliphatic carboxylic acids is 1. The molecule has 0 aromatic rings. The Labute approximate surface area is 293 Å². The van der Waals surface area contributed by atoms with E-state index in [0.717, 1.165) is 16.7 Å². The van der Waals surface area contributed by atoms with E-state index < -0.39 is 54.2 Å². The molecule has 20 nitrogen and oxygen atoms in total. The van der Waals surface area contributed by atoms with Crippen LogP contribution in [-0.2, 0) is 47.7 Å². The lowest BCUT2D eigenvalue weighted by molar-refractivity contribution is -0.165. The number of nitrogens with two attached hydrogens (primary N) is 1. The Morgan fingerprint density at radius 1 is 0.900 bits per heavy atom. The van der Waals surface area contributed by atoms with Gasteiger partial charge in [0, 0.05) is 64.2 Å². The molecule has 286 valence electrons. The number of carboxylic acid groups (broad SMARTS) is 1. The van der Waals surface area contributed by atoms with E-state index in [1.807, 2.05) is 0 Å². The average Bonchev–Trinajstić information content (AvgIpc) is 3.36. The lowest BCUT2D eigenvalue weighted by atomic mass is 10.3. The number of thioether (sulfide) groups is 1. The molecule has 1 aliphatic heterocycles. The van der Waals surface area contributed by atoms with Gasteiger partial charge in [-0.1, -0.05) is 6.92 Å². The summed E-state index contributed by atoms with van der Waals surface area (Å²) in [6.45, 7) is 2.27. The average molecular weight is 739 g/mol. The maximum atomic E-state index is 12.4. The van der Waals surface area contributed by atoms with Crippen LogP contribution in [-0.4, -0.2) is 164 Å². The molecule has 9 N–H and O–H groups in total. The normalized spacial score (nSPS) is 16.0. The predicted octanol–water partition coefficient (Wildman–Crippen LogP) is -3.36. The van der Waals surface area contributed by atoms with E-state index in [-0.39, 0.29) is 115 Å². The zero-order valence-electron chi connectivity index (χ0n) is 28.1. The molecule has 0 bridgehead atoms. The van der Waals surface area contributed by atoms with Crippen LogP contribution in [0, 0.1) is 0 Å². The molecule has 0 aromatic carbocycles. The van der Waals surface area contributed by atoms with Crippen LogP contribution in [0.15, 0.2) is 0 Å². The highest BCUT2D eigenvalue weighted by atomic mass is 32.2. The van der Waals surface area contributed by atoms with Gasteiger partial charge in [0.2, 0.25) is 29.5 Å². The van der Waals surface area contributed by atoms with Gasteiger partial charge >= 0.3 is 12.1 Å². The number of hydrogen-bond donors (Lipinski definition) is 8. The van der Waals surface area contributed by atoms with E-state index >= 15 is 0 Å². The van der Waals surface area contributed by atoms with Gasteiger partial charge in [-0.2, -0.15) is 0 Å². The molecule has 0 spiro atoms. The minimum absolute atomic E-state index is 0.0124. The third kappa shape index (κ3) is 20.2. The number of carbonyl (C=O) groups excluding carboxylic acids is 6. The van der Waals surface area contributed by atoms with Crippen molar-refractivity contribution in [3.63, 3.8) is 0 Å². The van der Waals surface area contributed by atoms with Gasteiger partial charge in [-0.25, -0.2) is 4.79 Å². The highest BCUT2D eigenvalue weighted by Crippen LogP contribution is 2.25. The molecule has 4 unspecified atom stereocenters. The van der Waals surface area contributed by atoms with Crippen LogP contribution in [0.25, 0.3) is 0 Å². The van der Waals surface area contributed by atoms with E-state index in [1.165, 1.54) is 0 Å². The van der Waals surface area contributed by atoms with Crippen molar-refractivity contribution >= 4 is 53.4 Å². The SMILES string of the molecule is CCC(CO)OC(O)COC(=O)NCCC(=O)NCCNC(=O)CCOCCOCCNC(=O)CCN1C(=O)CC(SCC(N)C(=O)O)C1=O. The fraction of sp³-hybridized carbons (Fsp3) is 0.759. The summed E-state index contributed by atoms with van der Waals surface area (Å²) < 4.78 is 20.5. The van der Waals surface area contributed by atoms with Crippen LogP contribution in [0.2, 0.25) is 0 Å². The van der Waals surface area contributed by atoms with Gasteiger partial charge in [-0.05, 0) is 6.42 Å². The summed E-state index contributed by atoms with van der Waals surface area (Å²) in [6, 6.07) is -1.14. The highest BCUT2D eigenvalue weighted by molar-refractivity contribution is 8.00. The topological polar surface area (TPSA) is 294 Å². The van der Waals surface area contributed by atoms with Crippen molar-refractivity contribution in [1.29, 1.82) is 0 Å². The van der Waals surface area contributed by atoms with Gasteiger partial charge in [-0.15, -0.1) is 11.8 Å². The first kappa shape index (κ1) is 44.4. The molecule has 21 heteroatoms. The van der Waals surface area contributed by atoms with Crippen molar-refractivity contribution in [3.8, 4) is 0 Å². The molecule has 0 aromatic heterocycles. The maximum Gasteiger partial charge on any atom is 0.407 e. The van der Waals surface area contributed by atoms with Gasteiger partial charge in [-0.3, -0.25) is 33.7 Å². The second kappa shape index (κ2) is 26.2. The van der Waals surface area contributed by atoms with Crippen molar-refractivity contribution in [3.05, 3.63) is 0 Å². The zero-order valence-corrected chi connectivity index (χ0v) is 28.9. The predicted molar refractivity (Wildman–Crippen MR) is 175 cm³/mol. The second-order valence-corrected chi connectivity index (χ2v) is 11.9. The lowest BCUT2D eigenvalue weighted by Gasteiger charge is -2.18. The summed E-state index contributed by atoms with van der Waals surface area (Å²) in [5.41, 5.74) is 5.43. The third-order valence-corrected chi connectivity index (χ3v) is 8.05. The van der Waals surface area contributed by atoms with Crippen molar-refractivity contribution in [2.75, 3.05) is 78.1 Å². The molecule has 0 aliphatic carbocycles. The monoisotopic (exact) mass is 738 g/mol. The number of alkyl carbamates (subject to hydrolysis) is 1. The van der Waals surface area contributed by atoms with E-state index in [2.05, 4.69) is 21.3 Å². The summed E-state index contributed by atoms with van der Waals surface area (Å²) in [4.78, 5) is 83.8. The van der Waals surface area contributed by atoms with Crippen molar-refractivity contribution in [2.45, 2.75) is 62.7 Å². The number of imide groups is 1. The number of nitrogens with one attached hydrogen (secondary N) is 4. The molecule has 1 heterocycles. The van der Waals surface area contributed by atoms with E-state index in [1.54, 1.807) is 6.92 Å². The first-order valence-corrected chi connectivity index (χ1v) is 17.2. The summed E-state index contributed by atoms with van der Waals surface area (Å²) in [5.74, 6) is -3.12. The molecule has 0 saturated carbocycles. The number of likely N-dealkylation sites (tertiary alicyclic amines) is 1.